The summed E-state index contributed by atoms with van der Waals surface area (Å²) in [6, 6.07) is 0. The van der Waals surface area contributed by atoms with Crippen molar-refractivity contribution in [1.29, 1.82) is 0 Å². The average Bonchev–Trinajstić information content (AvgIpc) is 2.66. The van der Waals surface area contributed by atoms with E-state index in [9.17, 15) is 9.50 Å². The number of fused-ring (bicyclic) bond motifs is 1. The zero-order chi connectivity index (χ0) is 11.1. The molecule has 2 aliphatic rings. The maximum absolute atomic E-state index is 12.6. The number of aliphatic hydroxyl groups excluding tert-OH is 1. The Labute approximate surface area is 88.3 Å². The number of hydrogen-bond donors (Lipinski definition) is 1. The second-order valence-electron chi connectivity index (χ2n) is 4.29. The van der Waals surface area contributed by atoms with Gasteiger partial charge in [0.15, 0.2) is 12.1 Å². The minimum Gasteiger partial charge on any atom is -0.387 e. The Morgan fingerprint density at radius 2 is 2.13 bits per heavy atom. The van der Waals surface area contributed by atoms with Gasteiger partial charge in [0.1, 0.15) is 18.9 Å². The lowest BCUT2D eigenvalue weighted by atomic mass is 10.1. The maximum atomic E-state index is 12.6. The lowest BCUT2D eigenvalue weighted by Crippen LogP contribution is -2.36. The Bertz CT molecular complexity index is 237. The predicted molar refractivity (Wildman–Crippen MR) is 49.9 cm³/mol. The van der Waals surface area contributed by atoms with E-state index >= 15 is 0 Å². The molecule has 0 aromatic heterocycles. The average molecular weight is 220 g/mol. The Hall–Kier alpha value is -0.230. The molecule has 0 bridgehead atoms. The fraction of sp³-hybridized carbons (Fsp3) is 1.00. The highest BCUT2D eigenvalue weighted by molar-refractivity contribution is 4.93. The number of halogens is 1. The molecule has 2 aliphatic heterocycles. The molecule has 5 heteroatoms. The van der Waals surface area contributed by atoms with E-state index in [1.165, 1.54) is 6.92 Å². The van der Waals surface area contributed by atoms with Gasteiger partial charge in [0.25, 0.3) is 0 Å². The van der Waals surface area contributed by atoms with E-state index in [4.69, 9.17) is 14.2 Å². The van der Waals surface area contributed by atoms with E-state index in [-0.39, 0.29) is 6.10 Å². The van der Waals surface area contributed by atoms with Crippen molar-refractivity contribution < 1.29 is 23.7 Å². The van der Waals surface area contributed by atoms with Gasteiger partial charge in [-0.15, -0.1) is 0 Å². The first-order valence-electron chi connectivity index (χ1n) is 5.35. The van der Waals surface area contributed by atoms with Crippen molar-refractivity contribution in [2.24, 2.45) is 0 Å². The van der Waals surface area contributed by atoms with Gasteiger partial charge in [0, 0.05) is 0 Å². The third-order valence-electron chi connectivity index (χ3n) is 2.86. The van der Waals surface area contributed by atoms with Crippen LogP contribution in [0.1, 0.15) is 26.7 Å². The third kappa shape index (κ3) is 1.89. The van der Waals surface area contributed by atoms with E-state index in [1.54, 1.807) is 0 Å². The summed E-state index contributed by atoms with van der Waals surface area (Å²) >= 11 is 0. The monoisotopic (exact) mass is 220 g/mol. The van der Waals surface area contributed by atoms with Crippen LogP contribution in [-0.4, -0.2) is 42.2 Å². The minimum absolute atomic E-state index is 0.255. The molecule has 0 amide bonds. The van der Waals surface area contributed by atoms with E-state index < -0.39 is 31.0 Å². The molecule has 2 fully saturated rings. The topological polar surface area (TPSA) is 47.9 Å². The maximum Gasteiger partial charge on any atom is 0.197 e. The van der Waals surface area contributed by atoms with Crippen molar-refractivity contribution in [1.82, 2.24) is 0 Å². The molecular weight excluding hydrogens is 203 g/mol. The zero-order valence-corrected chi connectivity index (χ0v) is 8.98. The summed E-state index contributed by atoms with van der Waals surface area (Å²) in [7, 11) is 0. The number of hydrogen-bond acceptors (Lipinski definition) is 4. The summed E-state index contributed by atoms with van der Waals surface area (Å²) in [6.07, 6.45) is -0.480. The predicted octanol–water partition coefficient (Wildman–Crippen LogP) is 0.973. The first-order valence-corrected chi connectivity index (χ1v) is 5.35. The number of rotatable bonds is 3. The second-order valence-corrected chi connectivity index (χ2v) is 4.29. The summed E-state index contributed by atoms with van der Waals surface area (Å²) < 4.78 is 28.7. The number of aliphatic hydroxyl groups is 1. The molecule has 0 saturated carbocycles. The fourth-order valence-electron chi connectivity index (χ4n) is 2.07. The SMILES string of the molecule is CCC[C@H]1O[C@@H]2OC(C)(CF)O[C@@H]2[C@H]1O. The van der Waals surface area contributed by atoms with E-state index in [1.807, 2.05) is 6.92 Å². The van der Waals surface area contributed by atoms with Crippen molar-refractivity contribution in [2.75, 3.05) is 6.67 Å². The smallest absolute Gasteiger partial charge is 0.197 e. The van der Waals surface area contributed by atoms with Crippen LogP contribution in [0.2, 0.25) is 0 Å². The molecule has 0 aliphatic carbocycles. The molecule has 2 rings (SSSR count). The van der Waals surface area contributed by atoms with Gasteiger partial charge < -0.3 is 19.3 Å². The quantitative estimate of drug-likeness (QED) is 0.770. The van der Waals surface area contributed by atoms with Crippen LogP contribution in [0.3, 0.4) is 0 Å². The first-order chi connectivity index (χ1) is 7.09. The number of ether oxygens (including phenoxy) is 3. The molecule has 88 valence electrons. The van der Waals surface area contributed by atoms with Crippen molar-refractivity contribution in [3.63, 3.8) is 0 Å². The molecule has 1 unspecified atom stereocenters. The van der Waals surface area contributed by atoms with Crippen LogP contribution in [0.15, 0.2) is 0 Å². The van der Waals surface area contributed by atoms with Crippen LogP contribution in [0, 0.1) is 0 Å². The van der Waals surface area contributed by atoms with Gasteiger partial charge >= 0.3 is 0 Å². The minimum atomic E-state index is -1.26. The molecule has 0 radical (unpaired) electrons. The van der Waals surface area contributed by atoms with Crippen LogP contribution in [-0.2, 0) is 14.2 Å². The molecule has 2 saturated heterocycles. The molecular formula is C10H17FO4. The van der Waals surface area contributed by atoms with Crippen LogP contribution in [0.25, 0.3) is 0 Å². The standard InChI is InChI=1S/C10H17FO4/c1-3-4-6-7(12)8-9(13-6)15-10(2,5-11)14-8/h6-9,12H,3-5H2,1-2H3/t6-,7+,8-,9-,10?/m1/s1. The van der Waals surface area contributed by atoms with Crippen LogP contribution < -0.4 is 0 Å². The molecule has 1 N–H and O–H groups in total. The van der Waals surface area contributed by atoms with Crippen molar-refractivity contribution >= 4 is 0 Å². The lowest BCUT2D eigenvalue weighted by molar-refractivity contribution is -0.230. The van der Waals surface area contributed by atoms with Gasteiger partial charge in [-0.25, -0.2) is 4.39 Å². The lowest BCUT2D eigenvalue weighted by Gasteiger charge is -2.23. The summed E-state index contributed by atoms with van der Waals surface area (Å²) in [5.41, 5.74) is 0. The first kappa shape index (κ1) is 11.3. The van der Waals surface area contributed by atoms with Gasteiger partial charge in [0.05, 0.1) is 6.10 Å². The van der Waals surface area contributed by atoms with E-state index in [0.29, 0.717) is 0 Å². The van der Waals surface area contributed by atoms with Crippen LogP contribution in [0.4, 0.5) is 4.39 Å². The van der Waals surface area contributed by atoms with Crippen molar-refractivity contribution in [3.8, 4) is 0 Å². The van der Waals surface area contributed by atoms with Crippen LogP contribution in [0.5, 0.6) is 0 Å². The van der Waals surface area contributed by atoms with Gasteiger partial charge in [-0.3, -0.25) is 0 Å². The molecule has 4 nitrogen and oxygen atoms in total. The highest BCUT2D eigenvalue weighted by Gasteiger charge is 2.55. The molecule has 2 heterocycles. The molecule has 15 heavy (non-hydrogen) atoms. The van der Waals surface area contributed by atoms with Gasteiger partial charge in [-0.05, 0) is 13.3 Å². The highest BCUT2D eigenvalue weighted by atomic mass is 19.1. The zero-order valence-electron chi connectivity index (χ0n) is 8.98. The summed E-state index contributed by atoms with van der Waals surface area (Å²) in [5.74, 6) is -1.26. The Balaban J connectivity index is 2.00. The molecule has 0 spiro atoms. The van der Waals surface area contributed by atoms with Gasteiger partial charge in [0.2, 0.25) is 0 Å². The van der Waals surface area contributed by atoms with E-state index in [2.05, 4.69) is 0 Å². The van der Waals surface area contributed by atoms with Crippen LogP contribution >= 0.6 is 0 Å². The fourth-order valence-corrected chi connectivity index (χ4v) is 2.07. The Kier molecular flexibility index (Phi) is 2.98. The Morgan fingerprint density at radius 1 is 1.40 bits per heavy atom. The molecule has 0 aromatic rings. The van der Waals surface area contributed by atoms with E-state index in [0.717, 1.165) is 12.8 Å². The van der Waals surface area contributed by atoms with Crippen molar-refractivity contribution in [2.45, 2.75) is 57.1 Å². The normalized spacial score (nSPS) is 49.6. The van der Waals surface area contributed by atoms with Crippen molar-refractivity contribution in [3.05, 3.63) is 0 Å². The third-order valence-corrected chi connectivity index (χ3v) is 2.86. The summed E-state index contributed by atoms with van der Waals surface area (Å²) in [4.78, 5) is 0. The number of alkyl halides is 1. The Morgan fingerprint density at radius 3 is 2.67 bits per heavy atom. The summed E-state index contributed by atoms with van der Waals surface area (Å²) in [6.45, 7) is 2.78. The second kappa shape index (κ2) is 3.97. The molecule has 0 aromatic carbocycles. The van der Waals surface area contributed by atoms with Gasteiger partial charge in [-0.2, -0.15) is 0 Å². The molecule has 5 atom stereocenters. The van der Waals surface area contributed by atoms with Gasteiger partial charge in [-0.1, -0.05) is 13.3 Å². The summed E-state index contributed by atoms with van der Waals surface area (Å²) in [5, 5.41) is 9.87. The highest BCUT2D eigenvalue weighted by Crippen LogP contribution is 2.38. The largest absolute Gasteiger partial charge is 0.387 e.